The first kappa shape index (κ1) is 15.6. The van der Waals surface area contributed by atoms with Gasteiger partial charge in [-0.1, -0.05) is 6.42 Å². The number of carbonyl (C=O) groups is 2. The highest BCUT2D eigenvalue weighted by molar-refractivity contribution is 5.83. The van der Waals surface area contributed by atoms with Crippen molar-refractivity contribution in [3.8, 4) is 12.3 Å². The summed E-state index contributed by atoms with van der Waals surface area (Å²) in [6.07, 6.45) is 9.84. The van der Waals surface area contributed by atoms with Gasteiger partial charge in [0.1, 0.15) is 6.04 Å². The third kappa shape index (κ3) is 4.11. The lowest BCUT2D eigenvalue weighted by atomic mass is 10.1. The molecule has 21 heavy (non-hydrogen) atoms. The SMILES string of the molecule is C#CCC(NC(=O)N1CCC(N2CCCCC2)C1)C(=O)O. The fourth-order valence-electron chi connectivity index (χ4n) is 3.07. The molecule has 0 aromatic heterocycles. The molecule has 2 aliphatic rings. The number of terminal acetylenes is 1. The van der Waals surface area contributed by atoms with E-state index in [1.807, 2.05) is 0 Å². The van der Waals surface area contributed by atoms with Gasteiger partial charge >= 0.3 is 12.0 Å². The van der Waals surface area contributed by atoms with E-state index >= 15 is 0 Å². The number of rotatable bonds is 4. The monoisotopic (exact) mass is 293 g/mol. The largest absolute Gasteiger partial charge is 0.480 e. The smallest absolute Gasteiger partial charge is 0.327 e. The summed E-state index contributed by atoms with van der Waals surface area (Å²) in [6.45, 7) is 3.56. The number of aliphatic carboxylic acids is 1. The average Bonchev–Trinajstić information content (AvgIpc) is 2.97. The van der Waals surface area contributed by atoms with Gasteiger partial charge in [-0.05, 0) is 32.4 Å². The molecule has 0 radical (unpaired) electrons. The van der Waals surface area contributed by atoms with Gasteiger partial charge in [0.15, 0.2) is 0 Å². The minimum absolute atomic E-state index is 0.00443. The normalized spacial score (nSPS) is 24.3. The third-order valence-corrected chi connectivity index (χ3v) is 4.28. The predicted molar refractivity (Wildman–Crippen MR) is 78.8 cm³/mol. The van der Waals surface area contributed by atoms with E-state index in [1.165, 1.54) is 19.3 Å². The summed E-state index contributed by atoms with van der Waals surface area (Å²) in [5, 5.41) is 11.5. The summed E-state index contributed by atoms with van der Waals surface area (Å²) in [5.74, 6) is 1.19. The van der Waals surface area contributed by atoms with Crippen LogP contribution in [0.5, 0.6) is 0 Å². The Balaban J connectivity index is 1.84. The molecule has 0 aliphatic carbocycles. The molecule has 0 saturated carbocycles. The van der Waals surface area contributed by atoms with Gasteiger partial charge in [0.05, 0.1) is 0 Å². The Morgan fingerprint density at radius 3 is 2.62 bits per heavy atom. The van der Waals surface area contributed by atoms with Crippen molar-refractivity contribution in [1.82, 2.24) is 15.1 Å². The molecule has 6 nitrogen and oxygen atoms in total. The molecule has 0 bridgehead atoms. The van der Waals surface area contributed by atoms with E-state index in [2.05, 4.69) is 16.1 Å². The third-order valence-electron chi connectivity index (χ3n) is 4.28. The lowest BCUT2D eigenvalue weighted by Crippen LogP contribution is -2.48. The quantitative estimate of drug-likeness (QED) is 0.750. The van der Waals surface area contributed by atoms with Gasteiger partial charge in [0, 0.05) is 25.6 Å². The van der Waals surface area contributed by atoms with Crippen LogP contribution in [0.1, 0.15) is 32.1 Å². The molecule has 2 aliphatic heterocycles. The number of amides is 2. The minimum atomic E-state index is -1.09. The van der Waals surface area contributed by atoms with E-state index in [0.29, 0.717) is 19.1 Å². The molecule has 0 aromatic carbocycles. The van der Waals surface area contributed by atoms with Crippen molar-refractivity contribution in [2.24, 2.45) is 0 Å². The molecule has 0 spiro atoms. The number of hydrogen-bond donors (Lipinski definition) is 2. The molecule has 0 aromatic rings. The molecule has 2 saturated heterocycles. The van der Waals surface area contributed by atoms with Crippen LogP contribution in [0.4, 0.5) is 4.79 Å². The molecule has 116 valence electrons. The second-order valence-electron chi connectivity index (χ2n) is 5.73. The molecule has 2 unspecified atom stereocenters. The van der Waals surface area contributed by atoms with Gasteiger partial charge in [-0.2, -0.15) is 0 Å². The van der Waals surface area contributed by atoms with Gasteiger partial charge in [-0.25, -0.2) is 9.59 Å². The van der Waals surface area contributed by atoms with Crippen LogP contribution in [0.2, 0.25) is 0 Å². The maximum atomic E-state index is 12.1. The summed E-state index contributed by atoms with van der Waals surface area (Å²) in [7, 11) is 0. The second-order valence-corrected chi connectivity index (χ2v) is 5.73. The molecule has 2 N–H and O–H groups in total. The predicted octanol–water partition coefficient (Wildman–Crippen LogP) is 0.733. The van der Waals surface area contributed by atoms with E-state index < -0.39 is 12.0 Å². The zero-order chi connectivity index (χ0) is 15.2. The van der Waals surface area contributed by atoms with Crippen LogP contribution < -0.4 is 5.32 Å². The minimum Gasteiger partial charge on any atom is -0.480 e. The summed E-state index contributed by atoms with van der Waals surface area (Å²) in [4.78, 5) is 27.3. The summed E-state index contributed by atoms with van der Waals surface area (Å²) in [6, 6.07) is -0.916. The van der Waals surface area contributed by atoms with Crippen molar-refractivity contribution >= 4 is 12.0 Å². The lowest BCUT2D eigenvalue weighted by molar-refractivity contribution is -0.139. The molecular weight excluding hydrogens is 270 g/mol. The van der Waals surface area contributed by atoms with Crippen molar-refractivity contribution in [3.05, 3.63) is 0 Å². The first-order valence-electron chi connectivity index (χ1n) is 7.57. The van der Waals surface area contributed by atoms with E-state index in [9.17, 15) is 9.59 Å². The number of nitrogens with zero attached hydrogens (tertiary/aromatic N) is 2. The number of likely N-dealkylation sites (tertiary alicyclic amines) is 2. The fraction of sp³-hybridized carbons (Fsp3) is 0.733. The van der Waals surface area contributed by atoms with Gasteiger partial charge in [0.25, 0.3) is 0 Å². The molecule has 2 atom stereocenters. The Morgan fingerprint density at radius 1 is 1.29 bits per heavy atom. The van der Waals surface area contributed by atoms with Crippen molar-refractivity contribution in [2.45, 2.75) is 44.2 Å². The van der Waals surface area contributed by atoms with Gasteiger partial charge < -0.3 is 15.3 Å². The fourth-order valence-corrected chi connectivity index (χ4v) is 3.07. The van der Waals surface area contributed by atoms with Crippen molar-refractivity contribution < 1.29 is 14.7 Å². The first-order chi connectivity index (χ1) is 10.1. The molecule has 2 amide bonds. The highest BCUT2D eigenvalue weighted by Crippen LogP contribution is 2.20. The second kappa shape index (κ2) is 7.32. The van der Waals surface area contributed by atoms with Crippen LogP contribution in [0, 0.1) is 12.3 Å². The Morgan fingerprint density at radius 2 is 2.00 bits per heavy atom. The maximum Gasteiger partial charge on any atom is 0.327 e. The van der Waals surface area contributed by atoms with Crippen LogP contribution in [0.3, 0.4) is 0 Å². The van der Waals surface area contributed by atoms with Crippen LogP contribution in [-0.4, -0.2) is 65.2 Å². The zero-order valence-electron chi connectivity index (χ0n) is 12.3. The number of carboxylic acids is 1. The summed E-state index contributed by atoms with van der Waals surface area (Å²) >= 11 is 0. The molecule has 2 heterocycles. The van der Waals surface area contributed by atoms with Crippen molar-refractivity contribution in [2.75, 3.05) is 26.2 Å². The number of urea groups is 1. The average molecular weight is 293 g/mol. The van der Waals surface area contributed by atoms with Gasteiger partial charge in [0.2, 0.25) is 0 Å². The number of carbonyl (C=O) groups excluding carboxylic acids is 1. The Hall–Kier alpha value is -1.74. The number of nitrogens with one attached hydrogen (secondary N) is 1. The van der Waals surface area contributed by atoms with Crippen LogP contribution >= 0.6 is 0 Å². The van der Waals surface area contributed by atoms with Crippen molar-refractivity contribution in [3.63, 3.8) is 0 Å². The number of hydrogen-bond acceptors (Lipinski definition) is 3. The molecule has 2 fully saturated rings. The van der Waals surface area contributed by atoms with E-state index in [0.717, 1.165) is 19.5 Å². The Bertz CT molecular complexity index is 426. The van der Waals surface area contributed by atoms with E-state index in [-0.39, 0.29) is 12.5 Å². The molecule has 2 rings (SSSR count). The molecule has 6 heteroatoms. The van der Waals surface area contributed by atoms with Gasteiger partial charge in [-0.3, -0.25) is 4.90 Å². The van der Waals surface area contributed by atoms with E-state index in [4.69, 9.17) is 11.5 Å². The first-order valence-corrected chi connectivity index (χ1v) is 7.57. The maximum absolute atomic E-state index is 12.1. The standard InChI is InChI=1S/C15H23N3O3/c1-2-6-13(14(19)20)16-15(21)18-10-7-12(11-18)17-8-4-3-5-9-17/h1,12-13H,3-11H2,(H,16,21)(H,19,20). The zero-order valence-corrected chi connectivity index (χ0v) is 12.3. The summed E-state index contributed by atoms with van der Waals surface area (Å²) < 4.78 is 0. The highest BCUT2D eigenvalue weighted by atomic mass is 16.4. The van der Waals surface area contributed by atoms with Crippen molar-refractivity contribution in [1.29, 1.82) is 0 Å². The number of carboxylic acid groups (broad SMARTS) is 1. The number of piperidine rings is 1. The Kier molecular flexibility index (Phi) is 5.45. The van der Waals surface area contributed by atoms with Crippen LogP contribution in [-0.2, 0) is 4.79 Å². The lowest BCUT2D eigenvalue weighted by Gasteiger charge is -2.32. The molecular formula is C15H23N3O3. The Labute approximate surface area is 125 Å². The van der Waals surface area contributed by atoms with Gasteiger partial charge in [-0.15, -0.1) is 12.3 Å². The topological polar surface area (TPSA) is 72.9 Å². The van der Waals surface area contributed by atoms with Crippen LogP contribution in [0.15, 0.2) is 0 Å². The van der Waals surface area contributed by atoms with E-state index in [1.54, 1.807) is 4.90 Å². The summed E-state index contributed by atoms with van der Waals surface area (Å²) in [5.41, 5.74) is 0. The van der Waals surface area contributed by atoms with Crippen LogP contribution in [0.25, 0.3) is 0 Å². The highest BCUT2D eigenvalue weighted by Gasteiger charge is 2.32.